The van der Waals surface area contributed by atoms with Crippen molar-refractivity contribution < 1.29 is 9.59 Å². The molecule has 0 bridgehead atoms. The Balaban J connectivity index is 1.08. The molecule has 0 aliphatic carbocycles. The quantitative estimate of drug-likeness (QED) is 0.148. The van der Waals surface area contributed by atoms with Gasteiger partial charge in [0.2, 0.25) is 11.8 Å². The molecule has 0 radical (unpaired) electrons. The Bertz CT molecular complexity index is 2320. The normalized spacial score (nSPS) is 16.6. The van der Waals surface area contributed by atoms with Crippen LogP contribution in [0.15, 0.2) is 123 Å². The molecule has 2 atom stereocenters. The van der Waals surface area contributed by atoms with Crippen molar-refractivity contribution in [3.05, 3.63) is 165 Å². The first-order chi connectivity index (χ1) is 25.4. The molecular weight excluding hydrogens is 685 g/mol. The van der Waals surface area contributed by atoms with E-state index in [4.69, 9.17) is 0 Å². The van der Waals surface area contributed by atoms with Crippen LogP contribution < -0.4 is 0 Å². The largest absolute Gasteiger partial charge is 0.333 e. The van der Waals surface area contributed by atoms with Gasteiger partial charge in [-0.3, -0.25) is 9.59 Å². The number of hydrogen-bond donors (Lipinski definition) is 0. The van der Waals surface area contributed by atoms with E-state index in [2.05, 4.69) is 82.5 Å². The summed E-state index contributed by atoms with van der Waals surface area (Å²) < 4.78 is 0. The Hall–Kier alpha value is -5.58. The molecule has 0 N–H and O–H groups in total. The summed E-state index contributed by atoms with van der Waals surface area (Å²) in [6.07, 6.45) is 12.2. The van der Waals surface area contributed by atoms with Crippen LogP contribution in [0.25, 0.3) is 22.3 Å². The van der Waals surface area contributed by atoms with E-state index in [1.54, 1.807) is 29.0 Å². The molecule has 8 rings (SSSR count). The maximum absolute atomic E-state index is 14.3. The van der Waals surface area contributed by atoms with Crippen LogP contribution in [0.5, 0.6) is 0 Å². The lowest BCUT2D eigenvalue weighted by Crippen LogP contribution is -2.39. The summed E-state index contributed by atoms with van der Waals surface area (Å²) in [4.78, 5) is 52.8. The fraction of sp³-hybridized carbons (Fsp3) is 0.190. The van der Waals surface area contributed by atoms with Crippen LogP contribution in [0, 0.1) is 6.92 Å². The lowest BCUT2D eigenvalue weighted by atomic mass is 9.83. The minimum Gasteiger partial charge on any atom is -0.333 e. The van der Waals surface area contributed by atoms with E-state index in [9.17, 15) is 9.59 Å². The Morgan fingerprint density at radius 1 is 0.750 bits per heavy atom. The number of nitrogens with zero attached hydrogens (tertiary/aromatic N) is 6. The predicted octanol–water partition coefficient (Wildman–Crippen LogP) is 7.97. The molecule has 6 heterocycles. The number of carbonyl (C=O) groups is 2. The Morgan fingerprint density at radius 3 is 1.87 bits per heavy atom. The number of amides is 2. The van der Waals surface area contributed by atoms with Crippen molar-refractivity contribution in [2.24, 2.45) is 0 Å². The molecule has 0 fully saturated rings. The minimum atomic E-state index is -0.102. The van der Waals surface area contributed by atoms with Gasteiger partial charge >= 0.3 is 0 Å². The molecule has 0 spiro atoms. The maximum atomic E-state index is 14.3. The zero-order valence-corrected chi connectivity index (χ0v) is 30.4. The van der Waals surface area contributed by atoms with Gasteiger partial charge in [0.25, 0.3) is 0 Å². The molecule has 0 saturated heterocycles. The van der Waals surface area contributed by atoms with Crippen LogP contribution in [-0.4, -0.2) is 54.6 Å². The zero-order chi connectivity index (χ0) is 35.8. The van der Waals surface area contributed by atoms with Gasteiger partial charge in [-0.05, 0) is 58.5 Å². The Labute approximate surface area is 310 Å². The second kappa shape index (κ2) is 14.2. The number of carbonyl (C=O) groups excluding carboxylic acids is 2. The molecule has 8 nitrogen and oxygen atoms in total. The minimum absolute atomic E-state index is 0.000119. The highest BCUT2D eigenvalue weighted by Gasteiger charge is 2.35. The first-order valence-electron chi connectivity index (χ1n) is 17.2. The van der Waals surface area contributed by atoms with Gasteiger partial charge in [0.15, 0.2) is 0 Å². The van der Waals surface area contributed by atoms with Crippen molar-refractivity contribution >= 4 is 34.5 Å². The molecular formula is C42H36N6O2S2. The highest BCUT2D eigenvalue weighted by Crippen LogP contribution is 2.44. The second-order valence-electron chi connectivity index (χ2n) is 13.2. The average molecular weight is 721 g/mol. The van der Waals surface area contributed by atoms with Crippen LogP contribution in [0.3, 0.4) is 0 Å². The molecule has 10 heteroatoms. The second-order valence-corrected chi connectivity index (χ2v) is 15.8. The van der Waals surface area contributed by atoms with Crippen molar-refractivity contribution in [2.75, 3.05) is 13.1 Å². The molecule has 2 amide bonds. The smallest absolute Gasteiger partial charge is 0.249 e. The predicted molar refractivity (Wildman–Crippen MR) is 206 cm³/mol. The summed E-state index contributed by atoms with van der Waals surface area (Å²) in [7, 11) is 0. The Morgan fingerprint density at radius 2 is 1.27 bits per heavy atom. The monoisotopic (exact) mass is 720 g/mol. The summed E-state index contributed by atoms with van der Waals surface area (Å²) in [6, 6.07) is 21.1. The van der Waals surface area contributed by atoms with Crippen LogP contribution in [0.2, 0.25) is 0 Å². The van der Waals surface area contributed by atoms with Gasteiger partial charge in [-0.1, -0.05) is 61.7 Å². The first kappa shape index (κ1) is 33.6. The molecule has 0 unspecified atom stereocenters. The number of aryl methyl sites for hydroxylation is 1. The number of benzene rings is 2. The molecule has 2 aliphatic rings. The van der Waals surface area contributed by atoms with Gasteiger partial charge in [-0.15, -0.1) is 22.7 Å². The van der Waals surface area contributed by atoms with Gasteiger partial charge < -0.3 is 9.80 Å². The summed E-state index contributed by atoms with van der Waals surface area (Å²) in [5, 5.41) is 0. The number of hydrogen-bond acceptors (Lipinski definition) is 8. The zero-order valence-electron chi connectivity index (χ0n) is 28.7. The van der Waals surface area contributed by atoms with Gasteiger partial charge in [0.05, 0.1) is 13.1 Å². The molecule has 4 aromatic heterocycles. The summed E-state index contributed by atoms with van der Waals surface area (Å²) in [5.74, 6) is -0.213. The highest BCUT2D eigenvalue weighted by atomic mass is 32.1. The van der Waals surface area contributed by atoms with Gasteiger partial charge in [-0.2, -0.15) is 0 Å². The van der Waals surface area contributed by atoms with Crippen LogP contribution in [0.1, 0.15) is 53.6 Å². The molecule has 258 valence electrons. The molecule has 2 aromatic carbocycles. The van der Waals surface area contributed by atoms with E-state index in [0.29, 0.717) is 38.2 Å². The van der Waals surface area contributed by atoms with E-state index in [1.807, 2.05) is 52.8 Å². The third kappa shape index (κ3) is 6.40. The lowest BCUT2D eigenvalue weighted by Gasteiger charge is -2.34. The van der Waals surface area contributed by atoms with Crippen molar-refractivity contribution in [1.82, 2.24) is 29.7 Å². The summed E-state index contributed by atoms with van der Waals surface area (Å²) in [6.45, 7) is 12.4. The topological polar surface area (TPSA) is 92.2 Å². The fourth-order valence-electron chi connectivity index (χ4n) is 7.62. The summed E-state index contributed by atoms with van der Waals surface area (Å²) >= 11 is 3.41. The SMILES string of the molecule is C=CC(=O)N1Cc2sc(CC(=C)C(=O)N3Cc4sc(C)cc4[C@@H](c4ccccc4-c4cncnc4)C3)cc2[C@H](c2ccccc2-c2cncnc2)C1. The van der Waals surface area contributed by atoms with E-state index in [0.717, 1.165) is 43.1 Å². The maximum Gasteiger partial charge on any atom is 0.249 e. The number of rotatable bonds is 8. The fourth-order valence-corrected chi connectivity index (χ4v) is 10.0. The Kier molecular flexibility index (Phi) is 9.17. The molecule has 2 aliphatic heterocycles. The van der Waals surface area contributed by atoms with Crippen LogP contribution in [-0.2, 0) is 29.1 Å². The lowest BCUT2D eigenvalue weighted by molar-refractivity contribution is -0.128. The van der Waals surface area contributed by atoms with Crippen molar-refractivity contribution in [1.29, 1.82) is 0 Å². The molecule has 0 saturated carbocycles. The average Bonchev–Trinajstić information content (AvgIpc) is 3.79. The van der Waals surface area contributed by atoms with Gasteiger partial charge in [-0.25, -0.2) is 19.9 Å². The third-order valence-corrected chi connectivity index (χ3v) is 12.1. The first-order valence-corrected chi connectivity index (χ1v) is 18.8. The third-order valence-electron chi connectivity index (χ3n) is 9.96. The van der Waals surface area contributed by atoms with E-state index >= 15 is 0 Å². The number of thiophene rings is 2. The van der Waals surface area contributed by atoms with Crippen molar-refractivity contribution in [3.63, 3.8) is 0 Å². The van der Waals surface area contributed by atoms with Gasteiger partial charge in [0.1, 0.15) is 12.7 Å². The van der Waals surface area contributed by atoms with E-state index in [1.165, 1.54) is 33.3 Å². The van der Waals surface area contributed by atoms with Crippen LogP contribution >= 0.6 is 22.7 Å². The standard InChI is InChI=1S/C42H36N6O2S2/c1-4-41(49)47-20-37(33-11-7-5-9-31(33)28-16-43-24-44-17-28)36-15-30(52-40(36)22-47)13-26(2)42(50)48-21-38(35-14-27(3)51-39(35)23-48)34-12-8-6-10-32(34)29-18-45-25-46-19-29/h4-12,14-19,24-25,37-38H,1-2,13,20-23H2,3H3/t37-,38+/m0/s1. The molecule has 6 aromatic rings. The molecule has 52 heavy (non-hydrogen) atoms. The number of fused-ring (bicyclic) bond motifs is 2. The number of aromatic nitrogens is 4. The van der Waals surface area contributed by atoms with Gasteiger partial charge in [0, 0.05) is 92.3 Å². The summed E-state index contributed by atoms with van der Waals surface area (Å²) in [5.41, 5.74) is 9.23. The van der Waals surface area contributed by atoms with E-state index in [-0.39, 0.29) is 23.7 Å². The van der Waals surface area contributed by atoms with Crippen LogP contribution in [0.4, 0.5) is 0 Å². The van der Waals surface area contributed by atoms with Crippen molar-refractivity contribution in [3.8, 4) is 22.3 Å². The van der Waals surface area contributed by atoms with E-state index < -0.39 is 0 Å². The van der Waals surface area contributed by atoms with Crippen molar-refractivity contribution in [2.45, 2.75) is 38.3 Å². The highest BCUT2D eigenvalue weighted by molar-refractivity contribution is 7.12.